The van der Waals surface area contributed by atoms with Gasteiger partial charge >= 0.3 is 0 Å². The second kappa shape index (κ2) is 6.81. The second-order valence-electron chi connectivity index (χ2n) is 3.68. The Labute approximate surface area is 97.5 Å². The van der Waals surface area contributed by atoms with Gasteiger partial charge in [0.05, 0.1) is 0 Å². The maximum Gasteiger partial charge on any atom is 0.194 e. The van der Waals surface area contributed by atoms with Crippen LogP contribution in [0.2, 0.25) is 0 Å². The van der Waals surface area contributed by atoms with Crippen molar-refractivity contribution in [3.8, 4) is 0 Å². The van der Waals surface area contributed by atoms with Crippen LogP contribution in [0.1, 0.15) is 20.3 Å². The van der Waals surface area contributed by atoms with Crippen LogP contribution in [0.25, 0.3) is 0 Å². The van der Waals surface area contributed by atoms with Gasteiger partial charge in [-0.1, -0.05) is 18.2 Å². The molecular weight excluding hydrogens is 204 g/mol. The molecule has 0 amide bonds. The van der Waals surface area contributed by atoms with Crippen LogP contribution in [0.15, 0.2) is 24.3 Å². The molecule has 92 valence electrons. The molecule has 0 radical (unpaired) electrons. The Morgan fingerprint density at radius 3 is 2.50 bits per heavy atom. The molecule has 0 saturated carbocycles. The molecule has 0 aromatic heterocycles. The molecule has 0 aliphatic heterocycles. The molecule has 0 aromatic rings. The number of hydrogen-bond donors (Lipinski definition) is 2. The maximum atomic E-state index is 5.79. The van der Waals surface area contributed by atoms with Crippen molar-refractivity contribution in [2.75, 3.05) is 19.8 Å². The van der Waals surface area contributed by atoms with Gasteiger partial charge in [-0.05, 0) is 26.3 Å². The number of hydrogen-bond acceptors (Lipinski definition) is 4. The van der Waals surface area contributed by atoms with Gasteiger partial charge in [-0.2, -0.15) is 0 Å². The lowest BCUT2D eigenvalue weighted by molar-refractivity contribution is -0.223. The van der Waals surface area contributed by atoms with Crippen LogP contribution >= 0.6 is 0 Å². The van der Waals surface area contributed by atoms with Crippen molar-refractivity contribution in [2.45, 2.75) is 26.1 Å². The first-order valence-electron chi connectivity index (χ1n) is 5.86. The summed E-state index contributed by atoms with van der Waals surface area (Å²) in [4.78, 5) is 0. The van der Waals surface area contributed by atoms with Gasteiger partial charge in [0.15, 0.2) is 5.79 Å². The minimum atomic E-state index is -0.616. The number of nitrogens with one attached hydrogen (secondary N) is 1. The van der Waals surface area contributed by atoms with E-state index in [1.54, 1.807) is 0 Å². The lowest BCUT2D eigenvalue weighted by Gasteiger charge is -2.37. The lowest BCUT2D eigenvalue weighted by Crippen LogP contribution is -2.43. The molecule has 0 bridgehead atoms. The fraction of sp³-hybridized carbons (Fsp3) is 0.667. The molecule has 1 rings (SSSR count). The average molecular weight is 226 g/mol. The molecule has 1 aliphatic rings. The van der Waals surface area contributed by atoms with E-state index in [-0.39, 0.29) is 5.92 Å². The highest BCUT2D eigenvalue weighted by Gasteiger charge is 2.37. The number of hydrazine groups is 1. The summed E-state index contributed by atoms with van der Waals surface area (Å²) >= 11 is 0. The Balaban J connectivity index is 2.75. The Morgan fingerprint density at radius 2 is 1.94 bits per heavy atom. The molecule has 0 heterocycles. The van der Waals surface area contributed by atoms with Crippen molar-refractivity contribution in [3.63, 3.8) is 0 Å². The first-order valence-corrected chi connectivity index (χ1v) is 5.86. The highest BCUT2D eigenvalue weighted by molar-refractivity contribution is 5.19. The van der Waals surface area contributed by atoms with Crippen molar-refractivity contribution < 1.29 is 9.47 Å². The number of nitrogens with two attached hydrogens (primary N) is 1. The van der Waals surface area contributed by atoms with Crippen LogP contribution in [0.5, 0.6) is 0 Å². The summed E-state index contributed by atoms with van der Waals surface area (Å²) in [5.41, 5.74) is 2.67. The van der Waals surface area contributed by atoms with Gasteiger partial charge < -0.3 is 9.47 Å². The molecular formula is C12H22N2O2. The summed E-state index contributed by atoms with van der Waals surface area (Å²) in [6.07, 6.45) is 8.98. The van der Waals surface area contributed by atoms with E-state index < -0.39 is 5.79 Å². The average Bonchev–Trinajstić information content (AvgIpc) is 2.29. The van der Waals surface area contributed by atoms with E-state index in [1.165, 1.54) is 0 Å². The summed E-state index contributed by atoms with van der Waals surface area (Å²) in [5, 5.41) is 0. The molecule has 0 saturated heterocycles. The third-order valence-corrected chi connectivity index (χ3v) is 2.64. The van der Waals surface area contributed by atoms with Crippen molar-refractivity contribution in [2.24, 2.45) is 11.8 Å². The van der Waals surface area contributed by atoms with E-state index in [0.29, 0.717) is 13.2 Å². The van der Waals surface area contributed by atoms with E-state index in [4.69, 9.17) is 15.3 Å². The van der Waals surface area contributed by atoms with Gasteiger partial charge in [-0.3, -0.25) is 11.3 Å². The molecule has 4 nitrogen and oxygen atoms in total. The fourth-order valence-corrected chi connectivity index (χ4v) is 1.99. The van der Waals surface area contributed by atoms with Crippen molar-refractivity contribution in [1.82, 2.24) is 5.43 Å². The first-order chi connectivity index (χ1) is 7.79. The predicted octanol–water partition coefficient (Wildman–Crippen LogP) is 1.35. The summed E-state index contributed by atoms with van der Waals surface area (Å²) in [6.45, 7) is 5.95. The third-order valence-electron chi connectivity index (χ3n) is 2.64. The van der Waals surface area contributed by atoms with Gasteiger partial charge in [0.2, 0.25) is 0 Å². The van der Waals surface area contributed by atoms with Crippen LogP contribution in [0.4, 0.5) is 0 Å². The quantitative estimate of drug-likeness (QED) is 0.391. The summed E-state index contributed by atoms with van der Waals surface area (Å²) in [7, 11) is 0. The summed E-state index contributed by atoms with van der Waals surface area (Å²) in [5.74, 6) is 4.89. The normalized spacial score (nSPS) is 22.6. The smallest absolute Gasteiger partial charge is 0.194 e. The van der Waals surface area contributed by atoms with Crippen LogP contribution < -0.4 is 11.3 Å². The number of ether oxygens (including phenoxy) is 2. The zero-order valence-corrected chi connectivity index (χ0v) is 10.1. The van der Waals surface area contributed by atoms with Crippen LogP contribution in [-0.2, 0) is 9.47 Å². The molecule has 4 heteroatoms. The Kier molecular flexibility index (Phi) is 5.69. The summed E-state index contributed by atoms with van der Waals surface area (Å²) < 4.78 is 11.6. The standard InChI is InChI=1S/C12H22N2O2/c1-3-15-12(16-4-2)9-6-5-7-11(12)8-10-14-13/h5-7,9,11,14H,3-4,8,10,13H2,1-2H3. The maximum absolute atomic E-state index is 5.79. The van der Waals surface area contributed by atoms with E-state index in [2.05, 4.69) is 11.5 Å². The largest absolute Gasteiger partial charge is 0.346 e. The summed E-state index contributed by atoms with van der Waals surface area (Å²) in [6, 6.07) is 0. The molecule has 3 N–H and O–H groups in total. The lowest BCUT2D eigenvalue weighted by atomic mass is 9.90. The Morgan fingerprint density at radius 1 is 1.25 bits per heavy atom. The monoisotopic (exact) mass is 226 g/mol. The minimum Gasteiger partial charge on any atom is -0.346 e. The molecule has 0 aromatic carbocycles. The molecule has 1 aliphatic carbocycles. The topological polar surface area (TPSA) is 56.5 Å². The minimum absolute atomic E-state index is 0.202. The second-order valence-corrected chi connectivity index (χ2v) is 3.68. The zero-order valence-electron chi connectivity index (χ0n) is 10.1. The first kappa shape index (κ1) is 13.4. The van der Waals surface area contributed by atoms with Crippen molar-refractivity contribution in [1.29, 1.82) is 0 Å². The fourth-order valence-electron chi connectivity index (χ4n) is 1.99. The van der Waals surface area contributed by atoms with Gasteiger partial charge in [-0.15, -0.1) is 0 Å². The zero-order chi connectivity index (χ0) is 11.9. The van der Waals surface area contributed by atoms with Crippen molar-refractivity contribution >= 4 is 0 Å². The van der Waals surface area contributed by atoms with E-state index in [9.17, 15) is 0 Å². The Hall–Kier alpha value is -0.680. The van der Waals surface area contributed by atoms with Gasteiger partial charge in [-0.25, -0.2) is 0 Å². The third kappa shape index (κ3) is 3.15. The van der Waals surface area contributed by atoms with Gasteiger partial charge in [0, 0.05) is 25.7 Å². The Bertz CT molecular complexity index is 245. The van der Waals surface area contributed by atoms with E-state index >= 15 is 0 Å². The molecule has 1 unspecified atom stereocenters. The molecule has 0 spiro atoms. The molecule has 1 atom stereocenters. The molecule has 16 heavy (non-hydrogen) atoms. The SMILES string of the molecule is CCOC1(OCC)C=CC=CC1CCNN. The van der Waals surface area contributed by atoms with E-state index in [1.807, 2.05) is 32.1 Å². The highest BCUT2D eigenvalue weighted by atomic mass is 16.7. The van der Waals surface area contributed by atoms with Gasteiger partial charge in [0.1, 0.15) is 0 Å². The molecule has 0 fully saturated rings. The number of rotatable bonds is 7. The van der Waals surface area contributed by atoms with Crippen LogP contribution in [0.3, 0.4) is 0 Å². The van der Waals surface area contributed by atoms with Gasteiger partial charge in [0.25, 0.3) is 0 Å². The number of allylic oxidation sites excluding steroid dienone is 2. The highest BCUT2D eigenvalue weighted by Crippen LogP contribution is 2.32. The van der Waals surface area contributed by atoms with E-state index in [0.717, 1.165) is 13.0 Å². The van der Waals surface area contributed by atoms with Crippen LogP contribution in [0, 0.1) is 5.92 Å². The van der Waals surface area contributed by atoms with Crippen LogP contribution in [-0.4, -0.2) is 25.5 Å². The van der Waals surface area contributed by atoms with Crippen molar-refractivity contribution in [3.05, 3.63) is 24.3 Å². The predicted molar refractivity (Wildman–Crippen MR) is 64.6 cm³/mol.